The van der Waals surface area contributed by atoms with Crippen molar-refractivity contribution in [1.29, 1.82) is 0 Å². The summed E-state index contributed by atoms with van der Waals surface area (Å²) < 4.78 is 1.85. The highest BCUT2D eigenvalue weighted by Gasteiger charge is 2.21. The number of hydrogen-bond acceptors (Lipinski definition) is 3. The summed E-state index contributed by atoms with van der Waals surface area (Å²) in [6, 6.07) is 8.16. The van der Waals surface area contributed by atoms with Crippen LogP contribution in [0.25, 0.3) is 10.9 Å². The Morgan fingerprint density at radius 3 is 2.48 bits per heavy atom. The normalized spacial score (nSPS) is 16.3. The molecule has 0 N–H and O–H groups in total. The molecule has 0 radical (unpaired) electrons. The number of aromatic nitrogens is 2. The predicted octanol–water partition coefficient (Wildman–Crippen LogP) is 3.18. The van der Waals surface area contributed by atoms with Crippen LogP contribution in [0.4, 0.5) is 0 Å². The van der Waals surface area contributed by atoms with E-state index in [0.717, 1.165) is 36.1 Å². The van der Waals surface area contributed by atoms with Gasteiger partial charge in [0.25, 0.3) is 0 Å². The highest BCUT2D eigenvalue weighted by atomic mass is 16.1. The minimum atomic E-state index is -0.132. The molecule has 0 spiro atoms. The SMILES string of the molecule is CC(C)(C)c1nc(=O)n(CCCN2CCCC2)c2ccccc12. The summed E-state index contributed by atoms with van der Waals surface area (Å²) in [6.07, 6.45) is 3.62. The Morgan fingerprint density at radius 1 is 1.09 bits per heavy atom. The van der Waals surface area contributed by atoms with Crippen molar-refractivity contribution in [1.82, 2.24) is 14.5 Å². The number of hydrogen-bond donors (Lipinski definition) is 0. The van der Waals surface area contributed by atoms with Crippen LogP contribution in [-0.4, -0.2) is 34.1 Å². The molecule has 1 aromatic heterocycles. The van der Waals surface area contributed by atoms with Gasteiger partial charge in [-0.1, -0.05) is 39.0 Å². The molecule has 0 bridgehead atoms. The van der Waals surface area contributed by atoms with Crippen molar-refractivity contribution in [3.8, 4) is 0 Å². The summed E-state index contributed by atoms with van der Waals surface area (Å²) in [4.78, 5) is 19.5. The Bertz CT molecular complexity index is 736. The quantitative estimate of drug-likeness (QED) is 0.870. The lowest BCUT2D eigenvalue weighted by atomic mass is 9.89. The third-order valence-electron chi connectivity index (χ3n) is 4.65. The Kier molecular flexibility index (Phi) is 4.53. The summed E-state index contributed by atoms with van der Waals surface area (Å²) in [5, 5.41) is 1.10. The zero-order valence-electron chi connectivity index (χ0n) is 14.5. The average molecular weight is 313 g/mol. The van der Waals surface area contributed by atoms with Gasteiger partial charge in [-0.05, 0) is 45.0 Å². The first-order valence-electron chi connectivity index (χ1n) is 8.69. The van der Waals surface area contributed by atoms with Gasteiger partial charge in [0.15, 0.2) is 0 Å². The standard InChI is InChI=1S/C19H27N3O/c1-19(2,3)17-15-9-4-5-10-16(15)22(18(23)20-17)14-8-13-21-11-6-7-12-21/h4-5,9-10H,6-8,11-14H2,1-3H3. The van der Waals surface area contributed by atoms with Crippen molar-refractivity contribution in [3.63, 3.8) is 0 Å². The monoisotopic (exact) mass is 313 g/mol. The Hall–Kier alpha value is -1.68. The van der Waals surface area contributed by atoms with Crippen LogP contribution in [0.5, 0.6) is 0 Å². The molecule has 1 fully saturated rings. The molecule has 1 saturated heterocycles. The largest absolute Gasteiger partial charge is 0.348 e. The van der Waals surface area contributed by atoms with Crippen LogP contribution >= 0.6 is 0 Å². The molecule has 1 aliphatic heterocycles. The highest BCUT2D eigenvalue weighted by Crippen LogP contribution is 2.26. The zero-order valence-corrected chi connectivity index (χ0v) is 14.5. The van der Waals surface area contributed by atoms with Crippen molar-refractivity contribution in [2.45, 2.75) is 52.0 Å². The lowest BCUT2D eigenvalue weighted by Gasteiger charge is -2.21. The van der Waals surface area contributed by atoms with Gasteiger partial charge in [-0.3, -0.25) is 4.57 Å². The number of nitrogens with zero attached hydrogens (tertiary/aromatic N) is 3. The zero-order chi connectivity index (χ0) is 16.4. The first-order chi connectivity index (χ1) is 11.0. The third-order valence-corrected chi connectivity index (χ3v) is 4.65. The molecule has 2 heterocycles. The van der Waals surface area contributed by atoms with E-state index < -0.39 is 0 Å². The second-order valence-electron chi connectivity index (χ2n) is 7.56. The van der Waals surface area contributed by atoms with E-state index in [1.807, 2.05) is 22.8 Å². The molecule has 0 atom stereocenters. The van der Waals surface area contributed by atoms with Gasteiger partial charge in [0, 0.05) is 17.3 Å². The van der Waals surface area contributed by atoms with Gasteiger partial charge in [-0.15, -0.1) is 0 Å². The summed E-state index contributed by atoms with van der Waals surface area (Å²) in [6.45, 7) is 10.6. The van der Waals surface area contributed by atoms with Gasteiger partial charge >= 0.3 is 5.69 Å². The van der Waals surface area contributed by atoms with Crippen LogP contribution < -0.4 is 5.69 Å². The molecule has 3 rings (SSSR count). The van der Waals surface area contributed by atoms with Crippen molar-refractivity contribution in [2.75, 3.05) is 19.6 Å². The van der Waals surface area contributed by atoms with Crippen molar-refractivity contribution >= 4 is 10.9 Å². The highest BCUT2D eigenvalue weighted by molar-refractivity contribution is 5.82. The van der Waals surface area contributed by atoms with E-state index in [9.17, 15) is 4.79 Å². The minimum Gasteiger partial charge on any atom is -0.303 e. The van der Waals surface area contributed by atoms with Crippen LogP contribution in [0.3, 0.4) is 0 Å². The van der Waals surface area contributed by atoms with Crippen molar-refractivity contribution in [3.05, 3.63) is 40.4 Å². The minimum absolute atomic E-state index is 0.116. The maximum absolute atomic E-state index is 12.6. The second kappa shape index (κ2) is 6.44. The van der Waals surface area contributed by atoms with Crippen LogP contribution in [0.1, 0.15) is 45.7 Å². The fourth-order valence-electron chi connectivity index (χ4n) is 3.47. The van der Waals surface area contributed by atoms with E-state index in [2.05, 4.69) is 36.7 Å². The maximum Gasteiger partial charge on any atom is 0.348 e. The Balaban J connectivity index is 1.91. The summed E-state index contributed by atoms with van der Waals surface area (Å²) >= 11 is 0. The third kappa shape index (κ3) is 3.47. The molecule has 124 valence electrons. The molecule has 1 aromatic carbocycles. The molecular weight excluding hydrogens is 286 g/mol. The summed E-state index contributed by atoms with van der Waals surface area (Å²) in [7, 11) is 0. The summed E-state index contributed by atoms with van der Waals surface area (Å²) in [5.74, 6) is 0. The number of aryl methyl sites for hydroxylation is 1. The molecule has 23 heavy (non-hydrogen) atoms. The predicted molar refractivity (Wildman–Crippen MR) is 95.0 cm³/mol. The van der Waals surface area contributed by atoms with Crippen LogP contribution in [-0.2, 0) is 12.0 Å². The smallest absolute Gasteiger partial charge is 0.303 e. The van der Waals surface area contributed by atoms with Crippen LogP contribution in [0.15, 0.2) is 29.1 Å². The Labute approximate surface area is 138 Å². The van der Waals surface area contributed by atoms with Gasteiger partial charge in [-0.2, -0.15) is 4.98 Å². The van der Waals surface area contributed by atoms with Gasteiger partial charge in [-0.25, -0.2) is 4.79 Å². The maximum atomic E-state index is 12.6. The number of para-hydroxylation sites is 1. The fraction of sp³-hybridized carbons (Fsp3) is 0.579. The van der Waals surface area contributed by atoms with Gasteiger partial charge < -0.3 is 4.90 Å². The first kappa shape index (κ1) is 16.2. The molecule has 0 unspecified atom stereocenters. The molecule has 0 amide bonds. The van der Waals surface area contributed by atoms with Crippen LogP contribution in [0, 0.1) is 0 Å². The van der Waals surface area contributed by atoms with E-state index in [0.29, 0.717) is 0 Å². The number of benzene rings is 1. The fourth-order valence-corrected chi connectivity index (χ4v) is 3.47. The van der Waals surface area contributed by atoms with Gasteiger partial charge in [0.05, 0.1) is 11.2 Å². The van der Waals surface area contributed by atoms with Crippen LogP contribution in [0.2, 0.25) is 0 Å². The lowest BCUT2D eigenvalue weighted by Crippen LogP contribution is -2.30. The second-order valence-corrected chi connectivity index (χ2v) is 7.56. The summed E-state index contributed by atoms with van der Waals surface area (Å²) in [5.41, 5.74) is 1.66. The molecule has 4 nitrogen and oxygen atoms in total. The Morgan fingerprint density at radius 2 is 1.78 bits per heavy atom. The van der Waals surface area contributed by atoms with E-state index in [4.69, 9.17) is 0 Å². The van der Waals surface area contributed by atoms with Gasteiger partial charge in [0.1, 0.15) is 0 Å². The van der Waals surface area contributed by atoms with E-state index in [-0.39, 0.29) is 11.1 Å². The number of fused-ring (bicyclic) bond motifs is 1. The number of rotatable bonds is 4. The molecule has 0 aliphatic carbocycles. The molecule has 4 heteroatoms. The topological polar surface area (TPSA) is 38.1 Å². The van der Waals surface area contributed by atoms with Gasteiger partial charge in [0.2, 0.25) is 0 Å². The van der Waals surface area contributed by atoms with E-state index in [1.165, 1.54) is 25.9 Å². The lowest BCUT2D eigenvalue weighted by molar-refractivity contribution is 0.325. The first-order valence-corrected chi connectivity index (χ1v) is 8.69. The average Bonchev–Trinajstić information content (AvgIpc) is 3.01. The number of likely N-dealkylation sites (tertiary alicyclic amines) is 1. The molecule has 2 aromatic rings. The molecule has 0 saturated carbocycles. The van der Waals surface area contributed by atoms with E-state index in [1.54, 1.807) is 0 Å². The molecular formula is C19H27N3O. The molecule has 1 aliphatic rings. The van der Waals surface area contributed by atoms with Crippen molar-refractivity contribution in [2.24, 2.45) is 0 Å². The van der Waals surface area contributed by atoms with E-state index >= 15 is 0 Å². The van der Waals surface area contributed by atoms with Crippen molar-refractivity contribution < 1.29 is 0 Å².